The van der Waals surface area contributed by atoms with E-state index in [1.54, 1.807) is 12.5 Å². The maximum absolute atomic E-state index is 11.0. The standard InChI is InChI=1S/C14H17BrN2O.Mg.2H/c1-9-4-10(2)6-12(5-9)14(18,11(3)15)13-7-16-8-17-13;;;/h4-8,11,18H,1-3H3,(H,16,17);;;. The van der Waals surface area contributed by atoms with Gasteiger partial charge in [-0.1, -0.05) is 45.3 Å². The van der Waals surface area contributed by atoms with Gasteiger partial charge in [0, 0.05) is 6.20 Å². The zero-order valence-corrected chi connectivity index (χ0v) is 12.3. The maximum atomic E-state index is 11.0. The number of halogens is 1. The van der Waals surface area contributed by atoms with Gasteiger partial charge in [0.1, 0.15) is 5.60 Å². The Kier molecular flexibility index (Phi) is 5.61. The van der Waals surface area contributed by atoms with Crippen molar-refractivity contribution >= 4 is 39.0 Å². The van der Waals surface area contributed by atoms with Crippen LogP contribution in [0.5, 0.6) is 0 Å². The number of alkyl halides is 1. The maximum Gasteiger partial charge on any atom is 0.316 e. The van der Waals surface area contributed by atoms with E-state index in [1.165, 1.54) is 0 Å². The molecule has 0 amide bonds. The molecule has 2 unspecified atom stereocenters. The Morgan fingerprint density at radius 3 is 2.26 bits per heavy atom. The molecule has 0 saturated carbocycles. The first kappa shape index (κ1) is 16.7. The zero-order chi connectivity index (χ0) is 13.3. The molecule has 3 nitrogen and oxygen atoms in total. The van der Waals surface area contributed by atoms with Crippen LogP contribution in [0.2, 0.25) is 0 Å². The molecule has 0 spiro atoms. The Balaban J connectivity index is 0.00000180. The number of aromatic amines is 1. The Hall–Kier alpha value is -0.364. The molecule has 100 valence electrons. The van der Waals surface area contributed by atoms with Crippen molar-refractivity contribution in [3.63, 3.8) is 0 Å². The average molecular weight is 336 g/mol. The van der Waals surface area contributed by atoms with Crippen molar-refractivity contribution in [2.24, 2.45) is 0 Å². The van der Waals surface area contributed by atoms with Crippen molar-refractivity contribution in [2.45, 2.75) is 31.2 Å². The third kappa shape index (κ3) is 3.21. The number of aromatic nitrogens is 2. The minimum absolute atomic E-state index is 0. The lowest BCUT2D eigenvalue weighted by atomic mass is 9.86. The van der Waals surface area contributed by atoms with Crippen molar-refractivity contribution in [1.82, 2.24) is 9.97 Å². The summed E-state index contributed by atoms with van der Waals surface area (Å²) in [5, 5.41) is 11.0. The lowest BCUT2D eigenvalue weighted by Crippen LogP contribution is -2.36. The van der Waals surface area contributed by atoms with Crippen molar-refractivity contribution in [3.8, 4) is 0 Å². The summed E-state index contributed by atoms with van der Waals surface area (Å²) in [6, 6.07) is 6.09. The molecule has 0 fully saturated rings. The molecule has 1 heterocycles. The normalized spacial score (nSPS) is 15.4. The first-order valence-corrected chi connectivity index (χ1v) is 6.80. The van der Waals surface area contributed by atoms with Gasteiger partial charge in [-0.25, -0.2) is 4.98 Å². The van der Waals surface area contributed by atoms with Gasteiger partial charge in [-0.2, -0.15) is 0 Å². The van der Waals surface area contributed by atoms with Crippen molar-refractivity contribution in [2.75, 3.05) is 0 Å². The number of rotatable bonds is 3. The van der Waals surface area contributed by atoms with Crippen LogP contribution in [0.1, 0.15) is 29.3 Å². The topological polar surface area (TPSA) is 48.9 Å². The number of imidazole rings is 1. The lowest BCUT2D eigenvalue weighted by molar-refractivity contribution is 0.0802. The second-order valence-corrected chi connectivity index (χ2v) is 6.09. The highest BCUT2D eigenvalue weighted by atomic mass is 79.9. The monoisotopic (exact) mass is 334 g/mol. The number of nitrogens with zero attached hydrogens (tertiary/aromatic N) is 1. The van der Waals surface area contributed by atoms with Crippen LogP contribution in [0.25, 0.3) is 0 Å². The Bertz CT molecular complexity index is 522. The van der Waals surface area contributed by atoms with Gasteiger partial charge in [0.25, 0.3) is 0 Å². The Morgan fingerprint density at radius 2 is 1.84 bits per heavy atom. The third-order valence-corrected chi connectivity index (χ3v) is 3.79. The van der Waals surface area contributed by atoms with Crippen LogP contribution in [0, 0.1) is 13.8 Å². The molecule has 0 aliphatic rings. The summed E-state index contributed by atoms with van der Waals surface area (Å²) >= 11 is 3.50. The van der Waals surface area contributed by atoms with Gasteiger partial charge in [0.15, 0.2) is 0 Å². The summed E-state index contributed by atoms with van der Waals surface area (Å²) in [6.45, 7) is 5.98. The molecule has 2 N–H and O–H groups in total. The zero-order valence-electron chi connectivity index (χ0n) is 10.7. The first-order valence-electron chi connectivity index (χ1n) is 5.89. The van der Waals surface area contributed by atoms with Crippen molar-refractivity contribution in [1.29, 1.82) is 0 Å². The summed E-state index contributed by atoms with van der Waals surface area (Å²) in [5.74, 6) is 0. The van der Waals surface area contributed by atoms with Crippen molar-refractivity contribution in [3.05, 3.63) is 53.1 Å². The molecular formula is C14H19BrMgN2O. The second-order valence-electron chi connectivity index (χ2n) is 4.71. The van der Waals surface area contributed by atoms with E-state index in [0.29, 0.717) is 5.69 Å². The first-order chi connectivity index (χ1) is 8.44. The van der Waals surface area contributed by atoms with Gasteiger partial charge in [-0.15, -0.1) is 0 Å². The number of aliphatic hydroxyl groups is 1. The molecule has 1 aromatic heterocycles. The molecule has 0 radical (unpaired) electrons. The van der Waals surface area contributed by atoms with Crippen LogP contribution in [-0.2, 0) is 5.60 Å². The molecule has 1 aromatic carbocycles. The molecule has 5 heteroatoms. The van der Waals surface area contributed by atoms with Gasteiger partial charge >= 0.3 is 23.1 Å². The van der Waals surface area contributed by atoms with E-state index >= 15 is 0 Å². The fraction of sp³-hybridized carbons (Fsp3) is 0.357. The number of benzene rings is 1. The average Bonchev–Trinajstić information content (AvgIpc) is 2.79. The molecule has 2 atom stereocenters. The fourth-order valence-corrected chi connectivity index (χ4v) is 2.74. The van der Waals surface area contributed by atoms with E-state index in [4.69, 9.17) is 0 Å². The van der Waals surface area contributed by atoms with E-state index in [1.807, 2.05) is 32.9 Å². The van der Waals surface area contributed by atoms with Gasteiger partial charge in [-0.05, 0) is 26.3 Å². The van der Waals surface area contributed by atoms with Crippen LogP contribution in [0.4, 0.5) is 0 Å². The summed E-state index contributed by atoms with van der Waals surface area (Å²) in [7, 11) is 0. The van der Waals surface area contributed by atoms with Gasteiger partial charge in [0.2, 0.25) is 0 Å². The second kappa shape index (κ2) is 6.39. The predicted molar refractivity (Wildman–Crippen MR) is 84.4 cm³/mol. The Morgan fingerprint density at radius 1 is 1.26 bits per heavy atom. The molecule has 0 saturated heterocycles. The van der Waals surface area contributed by atoms with Gasteiger partial charge in [0.05, 0.1) is 16.8 Å². The van der Waals surface area contributed by atoms with Gasteiger partial charge in [-0.3, -0.25) is 0 Å². The summed E-state index contributed by atoms with van der Waals surface area (Å²) in [6.07, 6.45) is 3.31. The lowest BCUT2D eigenvalue weighted by Gasteiger charge is -2.30. The summed E-state index contributed by atoms with van der Waals surface area (Å²) < 4.78 is 0. The molecular weight excluding hydrogens is 316 g/mol. The molecule has 19 heavy (non-hydrogen) atoms. The van der Waals surface area contributed by atoms with Crippen LogP contribution in [0.15, 0.2) is 30.7 Å². The van der Waals surface area contributed by atoms with Gasteiger partial charge < -0.3 is 10.1 Å². The molecule has 2 aromatic rings. The summed E-state index contributed by atoms with van der Waals surface area (Å²) in [5.41, 5.74) is 2.61. The highest BCUT2D eigenvalue weighted by Gasteiger charge is 2.38. The van der Waals surface area contributed by atoms with E-state index in [2.05, 4.69) is 32.0 Å². The fourth-order valence-electron chi connectivity index (χ4n) is 2.24. The number of H-pyrrole nitrogens is 1. The number of aryl methyl sites for hydroxylation is 2. The highest BCUT2D eigenvalue weighted by Crippen LogP contribution is 2.36. The van der Waals surface area contributed by atoms with Crippen LogP contribution in [0.3, 0.4) is 0 Å². The number of hydrogen-bond donors (Lipinski definition) is 2. The number of nitrogens with one attached hydrogen (secondary N) is 1. The van der Waals surface area contributed by atoms with E-state index in [0.717, 1.165) is 16.7 Å². The minimum atomic E-state index is -1.13. The van der Waals surface area contributed by atoms with E-state index < -0.39 is 5.60 Å². The summed E-state index contributed by atoms with van der Waals surface area (Å²) in [4.78, 5) is 6.96. The SMILES string of the molecule is Cc1cc(C)cc(C(O)(c2c[nH]cn2)C(C)Br)c1.[MgH2]. The predicted octanol–water partition coefficient (Wildman–Crippen LogP) is 2.13. The van der Waals surface area contributed by atoms with E-state index in [-0.39, 0.29) is 27.9 Å². The smallest absolute Gasteiger partial charge is 0.316 e. The minimum Gasteiger partial charge on any atom is -0.378 e. The van der Waals surface area contributed by atoms with E-state index in [9.17, 15) is 5.11 Å². The third-order valence-electron chi connectivity index (χ3n) is 3.13. The molecule has 0 aliphatic carbocycles. The van der Waals surface area contributed by atoms with Crippen LogP contribution in [-0.4, -0.2) is 43.0 Å². The van der Waals surface area contributed by atoms with Crippen molar-refractivity contribution < 1.29 is 5.11 Å². The molecule has 2 rings (SSSR count). The van der Waals surface area contributed by atoms with Crippen LogP contribution >= 0.6 is 15.9 Å². The molecule has 0 bridgehead atoms. The number of hydrogen-bond acceptors (Lipinski definition) is 2. The highest BCUT2D eigenvalue weighted by molar-refractivity contribution is 9.09. The Labute approximate surface area is 138 Å². The largest absolute Gasteiger partial charge is 0.378 e. The van der Waals surface area contributed by atoms with Crippen LogP contribution < -0.4 is 0 Å². The quantitative estimate of drug-likeness (QED) is 0.667. The molecule has 0 aliphatic heterocycles.